The van der Waals surface area contributed by atoms with Gasteiger partial charge in [-0.15, -0.1) is 0 Å². The highest BCUT2D eigenvalue weighted by Gasteiger charge is 2.32. The number of nitrogens with one attached hydrogen (secondary N) is 2. The van der Waals surface area contributed by atoms with Gasteiger partial charge in [-0.05, 0) is 43.2 Å². The molecule has 3 aliphatic rings. The SMILES string of the molecule is CNC(=O)C(CC1CC1)NC(=O)c1ccc(N2CC(OC)C2)c(OCC2CC2)n1. The van der Waals surface area contributed by atoms with Gasteiger partial charge in [0.25, 0.3) is 5.91 Å². The molecule has 158 valence electrons. The first-order valence-corrected chi connectivity index (χ1v) is 10.5. The Kier molecular flexibility index (Phi) is 5.89. The van der Waals surface area contributed by atoms with Crippen molar-refractivity contribution in [2.75, 3.05) is 38.8 Å². The van der Waals surface area contributed by atoms with Gasteiger partial charge < -0.3 is 25.0 Å². The molecule has 29 heavy (non-hydrogen) atoms. The van der Waals surface area contributed by atoms with E-state index in [1.807, 2.05) is 6.07 Å². The van der Waals surface area contributed by atoms with Crippen LogP contribution in [0.2, 0.25) is 0 Å². The fourth-order valence-electron chi connectivity index (χ4n) is 3.50. The van der Waals surface area contributed by atoms with Gasteiger partial charge in [0.05, 0.1) is 12.7 Å². The van der Waals surface area contributed by atoms with E-state index in [0.29, 0.717) is 30.7 Å². The topological polar surface area (TPSA) is 92.8 Å². The molecule has 1 aliphatic heterocycles. The molecule has 0 spiro atoms. The number of hydrogen-bond donors (Lipinski definition) is 2. The molecule has 3 fully saturated rings. The van der Waals surface area contributed by atoms with Gasteiger partial charge in [-0.1, -0.05) is 12.8 Å². The van der Waals surface area contributed by atoms with Crippen LogP contribution in [0.5, 0.6) is 5.88 Å². The summed E-state index contributed by atoms with van der Waals surface area (Å²) in [5.41, 5.74) is 1.16. The standard InChI is InChI=1S/C21H30N4O4/c1-22-19(26)17(9-13-3-4-13)23-20(27)16-7-8-18(25-10-15(11-25)28-2)21(24-16)29-12-14-5-6-14/h7-8,13-15,17H,3-6,9-12H2,1-2H3,(H,22,26)(H,23,27). The van der Waals surface area contributed by atoms with Crippen LogP contribution in [0.15, 0.2) is 12.1 Å². The molecule has 4 rings (SSSR count). The highest BCUT2D eigenvalue weighted by molar-refractivity contribution is 5.96. The van der Waals surface area contributed by atoms with Gasteiger partial charge in [-0.25, -0.2) is 4.98 Å². The number of carbonyl (C=O) groups excluding carboxylic acids is 2. The number of carbonyl (C=O) groups is 2. The quantitative estimate of drug-likeness (QED) is 0.614. The summed E-state index contributed by atoms with van der Waals surface area (Å²) in [4.78, 5) is 31.6. The van der Waals surface area contributed by atoms with E-state index in [2.05, 4.69) is 20.5 Å². The molecule has 2 aliphatic carbocycles. The predicted molar refractivity (Wildman–Crippen MR) is 108 cm³/mol. The molecule has 0 radical (unpaired) electrons. The summed E-state index contributed by atoms with van der Waals surface area (Å²) in [7, 11) is 3.30. The molecule has 2 N–H and O–H groups in total. The first-order chi connectivity index (χ1) is 14.1. The van der Waals surface area contributed by atoms with Gasteiger partial charge in [0.1, 0.15) is 17.4 Å². The number of rotatable bonds is 10. The van der Waals surface area contributed by atoms with E-state index >= 15 is 0 Å². The smallest absolute Gasteiger partial charge is 0.270 e. The molecule has 2 amide bonds. The molecule has 8 nitrogen and oxygen atoms in total. The molecular formula is C21H30N4O4. The van der Waals surface area contributed by atoms with Crippen molar-refractivity contribution < 1.29 is 19.1 Å². The number of likely N-dealkylation sites (N-methyl/N-ethyl adjacent to an activating group) is 1. The molecule has 0 aromatic carbocycles. The summed E-state index contributed by atoms with van der Waals surface area (Å²) in [6.45, 7) is 2.18. The van der Waals surface area contributed by atoms with Crippen LogP contribution in [-0.4, -0.2) is 62.8 Å². The molecule has 1 aromatic heterocycles. The van der Waals surface area contributed by atoms with E-state index in [0.717, 1.165) is 31.6 Å². The normalized spacial score (nSPS) is 20.0. The molecule has 2 heterocycles. The van der Waals surface area contributed by atoms with Crippen molar-refractivity contribution in [2.45, 2.75) is 44.2 Å². The summed E-state index contributed by atoms with van der Waals surface area (Å²) in [6.07, 6.45) is 5.48. The Morgan fingerprint density at radius 2 is 1.93 bits per heavy atom. The highest BCUT2D eigenvalue weighted by Crippen LogP contribution is 2.35. The van der Waals surface area contributed by atoms with Gasteiger partial charge in [0.2, 0.25) is 11.8 Å². The lowest BCUT2D eigenvalue weighted by atomic mass is 10.1. The van der Waals surface area contributed by atoms with Gasteiger partial charge in [0, 0.05) is 27.2 Å². The molecule has 1 saturated heterocycles. The van der Waals surface area contributed by atoms with Crippen molar-refractivity contribution in [1.29, 1.82) is 0 Å². The minimum absolute atomic E-state index is 0.168. The molecule has 2 saturated carbocycles. The second kappa shape index (κ2) is 8.57. The second-order valence-electron chi connectivity index (χ2n) is 8.36. The predicted octanol–water partition coefficient (Wildman–Crippen LogP) is 1.35. The van der Waals surface area contributed by atoms with Gasteiger partial charge in [-0.3, -0.25) is 9.59 Å². The maximum atomic E-state index is 12.8. The zero-order valence-electron chi connectivity index (χ0n) is 17.1. The zero-order chi connectivity index (χ0) is 20.4. The minimum Gasteiger partial charge on any atom is -0.476 e. The van der Waals surface area contributed by atoms with Crippen LogP contribution < -0.4 is 20.3 Å². The van der Waals surface area contributed by atoms with Crippen LogP contribution in [0.25, 0.3) is 0 Å². The Balaban J connectivity index is 1.47. The van der Waals surface area contributed by atoms with E-state index < -0.39 is 6.04 Å². The van der Waals surface area contributed by atoms with Crippen molar-refractivity contribution in [3.63, 3.8) is 0 Å². The Morgan fingerprint density at radius 3 is 2.55 bits per heavy atom. The van der Waals surface area contributed by atoms with Gasteiger partial charge in [-0.2, -0.15) is 0 Å². The number of methoxy groups -OCH3 is 1. The second-order valence-corrected chi connectivity index (χ2v) is 8.36. The summed E-state index contributed by atoms with van der Waals surface area (Å²) in [6, 6.07) is 3.05. The molecule has 1 unspecified atom stereocenters. The largest absolute Gasteiger partial charge is 0.476 e. The van der Waals surface area contributed by atoms with Gasteiger partial charge in [0.15, 0.2) is 0 Å². The van der Waals surface area contributed by atoms with Crippen LogP contribution in [0.3, 0.4) is 0 Å². The van der Waals surface area contributed by atoms with Crippen LogP contribution >= 0.6 is 0 Å². The molecule has 1 aromatic rings. The molecule has 0 bridgehead atoms. The average molecular weight is 402 g/mol. The monoisotopic (exact) mass is 402 g/mol. The van der Waals surface area contributed by atoms with Crippen molar-refractivity contribution in [1.82, 2.24) is 15.6 Å². The Labute approximate surface area is 171 Å². The lowest BCUT2D eigenvalue weighted by Crippen LogP contribution is -2.52. The third kappa shape index (κ3) is 4.98. The van der Waals surface area contributed by atoms with Crippen molar-refractivity contribution >= 4 is 17.5 Å². The lowest BCUT2D eigenvalue weighted by molar-refractivity contribution is -0.122. The summed E-state index contributed by atoms with van der Waals surface area (Å²) >= 11 is 0. The van der Waals surface area contributed by atoms with E-state index in [9.17, 15) is 9.59 Å². The number of nitrogens with zero attached hydrogens (tertiary/aromatic N) is 2. The molecule has 1 atom stereocenters. The Morgan fingerprint density at radius 1 is 1.21 bits per heavy atom. The minimum atomic E-state index is -0.532. The van der Waals surface area contributed by atoms with Crippen LogP contribution in [0, 0.1) is 11.8 Å². The summed E-state index contributed by atoms with van der Waals surface area (Å²) in [5.74, 6) is 1.07. The molecular weight excluding hydrogens is 372 g/mol. The Bertz CT molecular complexity index is 757. The van der Waals surface area contributed by atoms with Crippen molar-refractivity contribution in [3.8, 4) is 5.88 Å². The van der Waals surface area contributed by atoms with E-state index in [1.165, 1.54) is 12.8 Å². The Hall–Kier alpha value is -2.35. The van der Waals surface area contributed by atoms with Crippen molar-refractivity contribution in [2.24, 2.45) is 11.8 Å². The van der Waals surface area contributed by atoms with Crippen LogP contribution in [0.4, 0.5) is 5.69 Å². The number of amides is 2. The molecule has 8 heteroatoms. The van der Waals surface area contributed by atoms with E-state index in [1.54, 1.807) is 20.2 Å². The number of hydrogen-bond acceptors (Lipinski definition) is 6. The average Bonchev–Trinajstić information content (AvgIpc) is 3.60. The number of ether oxygens (including phenoxy) is 2. The number of pyridine rings is 1. The lowest BCUT2D eigenvalue weighted by Gasteiger charge is -2.40. The number of aromatic nitrogens is 1. The fraction of sp³-hybridized carbons (Fsp3) is 0.667. The maximum absolute atomic E-state index is 12.8. The van der Waals surface area contributed by atoms with E-state index in [-0.39, 0.29) is 23.6 Å². The fourth-order valence-corrected chi connectivity index (χ4v) is 3.50. The highest BCUT2D eigenvalue weighted by atomic mass is 16.5. The first kappa shape index (κ1) is 19.9. The maximum Gasteiger partial charge on any atom is 0.270 e. The summed E-state index contributed by atoms with van der Waals surface area (Å²) < 4.78 is 11.3. The number of anilines is 1. The van der Waals surface area contributed by atoms with Crippen molar-refractivity contribution in [3.05, 3.63) is 17.8 Å². The van der Waals surface area contributed by atoms with Crippen LogP contribution in [-0.2, 0) is 9.53 Å². The van der Waals surface area contributed by atoms with Crippen LogP contribution in [0.1, 0.15) is 42.6 Å². The third-order valence-corrected chi connectivity index (χ3v) is 5.88. The zero-order valence-corrected chi connectivity index (χ0v) is 17.1. The summed E-state index contributed by atoms with van der Waals surface area (Å²) in [5, 5.41) is 5.49. The third-order valence-electron chi connectivity index (χ3n) is 5.88. The van der Waals surface area contributed by atoms with E-state index in [4.69, 9.17) is 9.47 Å². The first-order valence-electron chi connectivity index (χ1n) is 10.5. The van der Waals surface area contributed by atoms with Gasteiger partial charge >= 0.3 is 0 Å².